The minimum absolute atomic E-state index is 0.153. The van der Waals surface area contributed by atoms with Crippen LogP contribution >= 0.6 is 34.8 Å². The molecule has 76 valence electrons. The second-order valence-electron chi connectivity index (χ2n) is 2.54. The van der Waals surface area contributed by atoms with Gasteiger partial charge in [-0.15, -0.1) is 11.6 Å². The Morgan fingerprint density at radius 3 is 2.64 bits per heavy atom. The lowest BCUT2D eigenvalue weighted by Crippen LogP contribution is -2.05. The van der Waals surface area contributed by atoms with Crippen molar-refractivity contribution in [2.45, 2.75) is 6.10 Å². The highest BCUT2D eigenvalue weighted by molar-refractivity contribution is 6.35. The van der Waals surface area contributed by atoms with Crippen molar-refractivity contribution in [1.82, 2.24) is 0 Å². The fourth-order valence-electron chi connectivity index (χ4n) is 1.02. The van der Waals surface area contributed by atoms with E-state index in [4.69, 9.17) is 39.5 Å². The third-order valence-corrected chi connectivity index (χ3v) is 2.51. The van der Waals surface area contributed by atoms with Crippen LogP contribution < -0.4 is 0 Å². The zero-order valence-corrected chi connectivity index (χ0v) is 9.31. The highest BCUT2D eigenvalue weighted by atomic mass is 35.5. The second-order valence-corrected chi connectivity index (χ2v) is 3.69. The molecule has 0 spiro atoms. The molecule has 0 aliphatic carbocycles. The molecule has 0 bridgehead atoms. The molecular weight excluding hydrogens is 246 g/mol. The minimum Gasteiger partial charge on any atom is -0.458 e. The molecule has 0 aliphatic heterocycles. The van der Waals surface area contributed by atoms with Crippen molar-refractivity contribution in [2.24, 2.45) is 0 Å². The Morgan fingerprint density at radius 2 is 2.14 bits per heavy atom. The van der Waals surface area contributed by atoms with Crippen LogP contribution in [-0.2, 0) is 9.53 Å². The minimum atomic E-state index is -0.529. The fourth-order valence-corrected chi connectivity index (χ4v) is 1.79. The molecule has 0 N–H and O–H groups in total. The van der Waals surface area contributed by atoms with Crippen molar-refractivity contribution < 1.29 is 9.53 Å². The van der Waals surface area contributed by atoms with Gasteiger partial charge in [0.05, 0.1) is 5.88 Å². The van der Waals surface area contributed by atoms with Crippen molar-refractivity contribution in [2.75, 3.05) is 5.88 Å². The van der Waals surface area contributed by atoms with E-state index >= 15 is 0 Å². The van der Waals surface area contributed by atoms with E-state index in [-0.39, 0.29) is 5.88 Å². The number of rotatable bonds is 4. The number of alkyl halides is 1. The first-order chi connectivity index (χ1) is 6.69. The lowest BCUT2D eigenvalue weighted by molar-refractivity contribution is -0.132. The van der Waals surface area contributed by atoms with Crippen LogP contribution in [0.25, 0.3) is 0 Å². The molecule has 1 unspecified atom stereocenters. The quantitative estimate of drug-likeness (QED) is 0.607. The molecule has 0 amide bonds. The first-order valence-electron chi connectivity index (χ1n) is 3.79. The molecule has 0 fully saturated rings. The number of ether oxygens (including phenoxy) is 1. The van der Waals surface area contributed by atoms with Gasteiger partial charge in [0, 0.05) is 15.6 Å². The van der Waals surface area contributed by atoms with Crippen molar-refractivity contribution in [3.05, 3.63) is 33.8 Å². The number of carbonyl (C=O) groups excluding carboxylic acids is 1. The van der Waals surface area contributed by atoms with Crippen LogP contribution in [0, 0.1) is 0 Å². The molecule has 0 aliphatic rings. The summed E-state index contributed by atoms with van der Waals surface area (Å²) in [5.41, 5.74) is 0.651. The molecule has 2 nitrogen and oxygen atoms in total. The summed E-state index contributed by atoms with van der Waals surface area (Å²) < 4.78 is 4.76. The Labute approximate surface area is 96.7 Å². The Kier molecular flexibility index (Phi) is 4.52. The summed E-state index contributed by atoms with van der Waals surface area (Å²) >= 11 is 17.2. The van der Waals surface area contributed by atoms with Crippen LogP contribution in [0.3, 0.4) is 0 Å². The zero-order chi connectivity index (χ0) is 10.6. The normalized spacial score (nSPS) is 12.2. The first kappa shape index (κ1) is 11.6. The fraction of sp³-hybridized carbons (Fsp3) is 0.222. The monoisotopic (exact) mass is 252 g/mol. The predicted octanol–water partition coefficient (Wildman–Crippen LogP) is 3.45. The molecule has 0 saturated carbocycles. The molecule has 0 heterocycles. The molecule has 0 aromatic heterocycles. The topological polar surface area (TPSA) is 26.3 Å². The van der Waals surface area contributed by atoms with E-state index in [1.54, 1.807) is 18.2 Å². The summed E-state index contributed by atoms with van der Waals surface area (Å²) in [6, 6.07) is 4.92. The number of carbonyl (C=O) groups is 1. The van der Waals surface area contributed by atoms with E-state index in [0.29, 0.717) is 22.1 Å². The summed E-state index contributed by atoms with van der Waals surface area (Å²) in [7, 11) is 0. The first-order valence-corrected chi connectivity index (χ1v) is 5.08. The van der Waals surface area contributed by atoms with Gasteiger partial charge in [-0.25, -0.2) is 0 Å². The van der Waals surface area contributed by atoms with E-state index in [1.165, 1.54) is 0 Å². The maximum atomic E-state index is 10.2. The number of hydrogen-bond acceptors (Lipinski definition) is 2. The Balaban J connectivity index is 2.97. The van der Waals surface area contributed by atoms with E-state index < -0.39 is 6.10 Å². The van der Waals surface area contributed by atoms with Crippen LogP contribution in [-0.4, -0.2) is 12.4 Å². The molecule has 1 rings (SSSR count). The molecule has 0 saturated heterocycles. The van der Waals surface area contributed by atoms with Gasteiger partial charge in [0.15, 0.2) is 0 Å². The van der Waals surface area contributed by atoms with E-state index in [2.05, 4.69) is 0 Å². The third-order valence-electron chi connectivity index (χ3n) is 1.67. The van der Waals surface area contributed by atoms with Gasteiger partial charge in [-0.3, -0.25) is 4.79 Å². The Morgan fingerprint density at radius 1 is 1.43 bits per heavy atom. The SMILES string of the molecule is O=COC(CCl)c1ccc(Cl)cc1Cl. The van der Waals surface area contributed by atoms with Crippen molar-refractivity contribution in [3.63, 3.8) is 0 Å². The second kappa shape index (κ2) is 5.44. The Bertz CT molecular complexity index is 328. The summed E-state index contributed by atoms with van der Waals surface area (Å²) in [6.45, 7) is 0.345. The van der Waals surface area contributed by atoms with Crippen LogP contribution in [0.5, 0.6) is 0 Å². The van der Waals surface area contributed by atoms with Gasteiger partial charge in [0.2, 0.25) is 0 Å². The predicted molar refractivity (Wildman–Crippen MR) is 57.1 cm³/mol. The van der Waals surface area contributed by atoms with Crippen LogP contribution in [0.15, 0.2) is 18.2 Å². The molecular formula is C9H7Cl3O2. The van der Waals surface area contributed by atoms with Crippen molar-refractivity contribution in [1.29, 1.82) is 0 Å². The highest BCUT2D eigenvalue weighted by Crippen LogP contribution is 2.28. The van der Waals surface area contributed by atoms with Crippen LogP contribution in [0.4, 0.5) is 0 Å². The van der Waals surface area contributed by atoms with Gasteiger partial charge in [-0.05, 0) is 12.1 Å². The van der Waals surface area contributed by atoms with Gasteiger partial charge >= 0.3 is 0 Å². The van der Waals surface area contributed by atoms with Gasteiger partial charge in [-0.1, -0.05) is 29.3 Å². The third kappa shape index (κ3) is 2.77. The molecule has 1 atom stereocenters. The average molecular weight is 254 g/mol. The molecule has 14 heavy (non-hydrogen) atoms. The lowest BCUT2D eigenvalue weighted by atomic mass is 10.1. The average Bonchev–Trinajstić information content (AvgIpc) is 2.15. The standard InChI is InChI=1S/C9H7Cl3O2/c10-4-9(14-5-13)7-2-1-6(11)3-8(7)12/h1-3,5,9H,4H2. The van der Waals surface area contributed by atoms with Crippen molar-refractivity contribution >= 4 is 41.3 Å². The highest BCUT2D eigenvalue weighted by Gasteiger charge is 2.14. The number of hydrogen-bond donors (Lipinski definition) is 0. The van der Waals surface area contributed by atoms with Gasteiger partial charge in [-0.2, -0.15) is 0 Å². The largest absolute Gasteiger partial charge is 0.458 e. The van der Waals surface area contributed by atoms with E-state index in [9.17, 15) is 4.79 Å². The van der Waals surface area contributed by atoms with Gasteiger partial charge in [0.1, 0.15) is 6.10 Å². The summed E-state index contributed by atoms with van der Waals surface area (Å²) in [6.07, 6.45) is -0.529. The van der Waals surface area contributed by atoms with Gasteiger partial charge in [0.25, 0.3) is 6.47 Å². The number of halogens is 3. The van der Waals surface area contributed by atoms with E-state index in [0.717, 1.165) is 0 Å². The van der Waals surface area contributed by atoms with Crippen LogP contribution in [0.2, 0.25) is 10.0 Å². The number of benzene rings is 1. The molecule has 5 heteroatoms. The maximum absolute atomic E-state index is 10.2. The summed E-state index contributed by atoms with van der Waals surface area (Å²) in [5, 5.41) is 0.961. The molecule has 0 radical (unpaired) electrons. The van der Waals surface area contributed by atoms with Crippen LogP contribution in [0.1, 0.15) is 11.7 Å². The lowest BCUT2D eigenvalue weighted by Gasteiger charge is -2.13. The summed E-state index contributed by atoms with van der Waals surface area (Å²) in [4.78, 5) is 10.2. The molecule has 1 aromatic rings. The van der Waals surface area contributed by atoms with E-state index in [1.807, 2.05) is 0 Å². The maximum Gasteiger partial charge on any atom is 0.293 e. The van der Waals surface area contributed by atoms with Crippen molar-refractivity contribution in [3.8, 4) is 0 Å². The zero-order valence-electron chi connectivity index (χ0n) is 7.04. The molecule has 1 aromatic carbocycles. The Hall–Kier alpha value is -0.440. The summed E-state index contributed by atoms with van der Waals surface area (Å²) in [5.74, 6) is 0.153. The smallest absolute Gasteiger partial charge is 0.293 e. The van der Waals surface area contributed by atoms with Gasteiger partial charge < -0.3 is 4.74 Å².